The fraction of sp³-hybridized carbons (Fsp3) is 0.278. The molecule has 0 spiro atoms. The molecule has 0 atom stereocenters. The molecular weight excluding hydrogens is 338 g/mol. The predicted octanol–water partition coefficient (Wildman–Crippen LogP) is 3.08. The maximum absolute atomic E-state index is 12.3. The number of benzene rings is 1. The summed E-state index contributed by atoms with van der Waals surface area (Å²) in [7, 11) is 1.83. The van der Waals surface area contributed by atoms with Crippen LogP contribution in [-0.2, 0) is 7.05 Å². The van der Waals surface area contributed by atoms with Crippen LogP contribution >= 0.6 is 11.6 Å². The Hall–Kier alpha value is -2.60. The van der Waals surface area contributed by atoms with E-state index in [1.54, 1.807) is 10.9 Å². The Morgan fingerprint density at radius 3 is 2.76 bits per heavy atom. The smallest absolute Gasteiger partial charge is 0.255 e. The van der Waals surface area contributed by atoms with Crippen LogP contribution in [0.4, 0.5) is 5.69 Å². The van der Waals surface area contributed by atoms with Gasteiger partial charge < -0.3 is 10.6 Å². The van der Waals surface area contributed by atoms with E-state index >= 15 is 0 Å². The third kappa shape index (κ3) is 3.58. The number of rotatable bonds is 5. The number of hydrogen-bond donors (Lipinski definition) is 2. The second kappa shape index (κ2) is 7.11. The standard InChI is InChI=1S/C18H20ClN5O/c1-11-17(12(2)24(3)23-11)18(25)22-9-8-21-15-6-7-20-16-10-13(19)4-5-14(15)16/h4-7,10H,8-9H2,1-3H3,(H,20,21)(H,22,25). The number of anilines is 1. The summed E-state index contributed by atoms with van der Waals surface area (Å²) in [6.45, 7) is 4.84. The van der Waals surface area contributed by atoms with Gasteiger partial charge >= 0.3 is 0 Å². The lowest BCUT2D eigenvalue weighted by molar-refractivity contribution is 0.0954. The van der Waals surface area contributed by atoms with Crippen LogP contribution in [0.2, 0.25) is 5.02 Å². The van der Waals surface area contributed by atoms with Crippen molar-refractivity contribution in [3.63, 3.8) is 0 Å². The van der Waals surface area contributed by atoms with Gasteiger partial charge in [0, 0.05) is 48.1 Å². The van der Waals surface area contributed by atoms with Crippen LogP contribution in [0.5, 0.6) is 0 Å². The van der Waals surface area contributed by atoms with Crippen molar-refractivity contribution in [3.8, 4) is 0 Å². The molecule has 2 N–H and O–H groups in total. The molecule has 1 amide bonds. The first-order valence-corrected chi connectivity index (χ1v) is 8.41. The highest BCUT2D eigenvalue weighted by molar-refractivity contribution is 6.31. The topological polar surface area (TPSA) is 71.8 Å². The van der Waals surface area contributed by atoms with Gasteiger partial charge in [0.25, 0.3) is 5.91 Å². The van der Waals surface area contributed by atoms with E-state index < -0.39 is 0 Å². The number of hydrogen-bond acceptors (Lipinski definition) is 4. The Bertz CT molecular complexity index is 935. The summed E-state index contributed by atoms with van der Waals surface area (Å²) < 4.78 is 1.72. The number of aromatic nitrogens is 3. The number of carbonyl (C=O) groups excluding carboxylic acids is 1. The molecule has 2 aromatic heterocycles. The molecule has 0 unspecified atom stereocenters. The molecule has 0 bridgehead atoms. The summed E-state index contributed by atoms with van der Waals surface area (Å²) in [6.07, 6.45) is 1.74. The molecule has 0 aliphatic heterocycles. The van der Waals surface area contributed by atoms with E-state index in [1.807, 2.05) is 45.2 Å². The van der Waals surface area contributed by atoms with Gasteiger partial charge in [0.1, 0.15) is 0 Å². The predicted molar refractivity (Wildman–Crippen MR) is 100 cm³/mol. The molecule has 2 heterocycles. The van der Waals surface area contributed by atoms with E-state index in [2.05, 4.69) is 20.7 Å². The molecule has 0 saturated heterocycles. The second-order valence-corrected chi connectivity index (χ2v) is 6.31. The molecule has 0 saturated carbocycles. The van der Waals surface area contributed by atoms with Gasteiger partial charge in [0.05, 0.1) is 16.8 Å². The molecule has 25 heavy (non-hydrogen) atoms. The molecule has 3 rings (SSSR count). The van der Waals surface area contributed by atoms with Crippen molar-refractivity contribution in [2.45, 2.75) is 13.8 Å². The second-order valence-electron chi connectivity index (χ2n) is 5.87. The number of nitrogens with one attached hydrogen (secondary N) is 2. The van der Waals surface area contributed by atoms with Gasteiger partial charge in [-0.1, -0.05) is 11.6 Å². The number of halogens is 1. The van der Waals surface area contributed by atoms with Gasteiger partial charge in [0.2, 0.25) is 0 Å². The number of pyridine rings is 1. The summed E-state index contributed by atoms with van der Waals surface area (Å²) in [5.74, 6) is -0.101. The Morgan fingerprint density at radius 2 is 2.04 bits per heavy atom. The molecule has 6 nitrogen and oxygen atoms in total. The van der Waals surface area contributed by atoms with E-state index in [-0.39, 0.29) is 5.91 Å². The van der Waals surface area contributed by atoms with Crippen molar-refractivity contribution in [2.75, 3.05) is 18.4 Å². The lowest BCUT2D eigenvalue weighted by atomic mass is 10.2. The summed E-state index contributed by atoms with van der Waals surface area (Å²) in [6, 6.07) is 7.52. The third-order valence-electron chi connectivity index (χ3n) is 4.17. The Labute approximate surface area is 151 Å². The summed E-state index contributed by atoms with van der Waals surface area (Å²) >= 11 is 6.00. The number of aryl methyl sites for hydroxylation is 2. The van der Waals surface area contributed by atoms with Crippen LogP contribution in [0, 0.1) is 13.8 Å². The van der Waals surface area contributed by atoms with Crippen molar-refractivity contribution in [2.24, 2.45) is 7.05 Å². The van der Waals surface area contributed by atoms with Gasteiger partial charge in [0.15, 0.2) is 0 Å². The zero-order chi connectivity index (χ0) is 18.0. The van der Waals surface area contributed by atoms with Crippen LogP contribution in [0.25, 0.3) is 10.9 Å². The largest absolute Gasteiger partial charge is 0.383 e. The summed E-state index contributed by atoms with van der Waals surface area (Å²) in [5, 5.41) is 12.2. The van der Waals surface area contributed by atoms with Crippen LogP contribution in [0.3, 0.4) is 0 Å². The van der Waals surface area contributed by atoms with Crippen LogP contribution < -0.4 is 10.6 Å². The first-order valence-electron chi connectivity index (χ1n) is 8.04. The minimum atomic E-state index is -0.101. The lowest BCUT2D eigenvalue weighted by Gasteiger charge is -2.10. The monoisotopic (exact) mass is 357 g/mol. The van der Waals surface area contributed by atoms with Gasteiger partial charge in [-0.25, -0.2) is 0 Å². The highest BCUT2D eigenvalue weighted by atomic mass is 35.5. The first kappa shape index (κ1) is 17.2. The molecule has 0 radical (unpaired) electrons. The normalized spacial score (nSPS) is 10.9. The molecule has 130 valence electrons. The number of carbonyl (C=O) groups is 1. The van der Waals surface area contributed by atoms with Gasteiger partial charge in [-0.05, 0) is 38.1 Å². The van der Waals surface area contributed by atoms with Crippen molar-refractivity contribution in [3.05, 3.63) is 52.4 Å². The molecule has 1 aromatic carbocycles. The summed E-state index contributed by atoms with van der Waals surface area (Å²) in [5.41, 5.74) is 4.04. The Morgan fingerprint density at radius 1 is 1.24 bits per heavy atom. The molecule has 7 heteroatoms. The Balaban J connectivity index is 1.61. The van der Waals surface area contributed by atoms with Gasteiger partial charge in [-0.15, -0.1) is 0 Å². The van der Waals surface area contributed by atoms with E-state index in [0.717, 1.165) is 28.0 Å². The van der Waals surface area contributed by atoms with Gasteiger partial charge in [-0.3, -0.25) is 14.5 Å². The SMILES string of the molecule is Cc1nn(C)c(C)c1C(=O)NCCNc1ccnc2cc(Cl)ccc12. The van der Waals surface area contributed by atoms with E-state index in [1.165, 1.54) is 0 Å². The zero-order valence-electron chi connectivity index (χ0n) is 14.4. The lowest BCUT2D eigenvalue weighted by Crippen LogP contribution is -2.29. The maximum atomic E-state index is 12.3. The van der Waals surface area contributed by atoms with Gasteiger partial charge in [-0.2, -0.15) is 5.10 Å². The third-order valence-corrected chi connectivity index (χ3v) is 4.40. The minimum absolute atomic E-state index is 0.101. The first-order chi connectivity index (χ1) is 12.0. The fourth-order valence-electron chi connectivity index (χ4n) is 2.84. The highest BCUT2D eigenvalue weighted by Gasteiger charge is 2.16. The Kier molecular flexibility index (Phi) is 4.90. The quantitative estimate of drug-likeness (QED) is 0.688. The molecule has 3 aromatic rings. The van der Waals surface area contributed by atoms with Crippen LogP contribution in [-0.4, -0.2) is 33.8 Å². The average Bonchev–Trinajstić information content (AvgIpc) is 2.83. The van der Waals surface area contributed by atoms with Crippen molar-refractivity contribution in [1.82, 2.24) is 20.1 Å². The fourth-order valence-corrected chi connectivity index (χ4v) is 3.01. The number of amides is 1. The molecular formula is C18H20ClN5O. The highest BCUT2D eigenvalue weighted by Crippen LogP contribution is 2.24. The molecule has 0 aliphatic carbocycles. The van der Waals surface area contributed by atoms with Crippen molar-refractivity contribution in [1.29, 1.82) is 0 Å². The van der Waals surface area contributed by atoms with E-state index in [9.17, 15) is 4.79 Å². The molecule has 0 fully saturated rings. The average molecular weight is 358 g/mol. The van der Waals surface area contributed by atoms with Crippen molar-refractivity contribution >= 4 is 34.1 Å². The summed E-state index contributed by atoms with van der Waals surface area (Å²) in [4.78, 5) is 16.7. The number of nitrogens with zero attached hydrogens (tertiary/aromatic N) is 3. The van der Waals surface area contributed by atoms with E-state index in [0.29, 0.717) is 23.7 Å². The van der Waals surface area contributed by atoms with Crippen molar-refractivity contribution < 1.29 is 4.79 Å². The zero-order valence-corrected chi connectivity index (χ0v) is 15.2. The number of fused-ring (bicyclic) bond motifs is 1. The van der Waals surface area contributed by atoms with Crippen LogP contribution in [0.1, 0.15) is 21.7 Å². The minimum Gasteiger partial charge on any atom is -0.383 e. The van der Waals surface area contributed by atoms with E-state index in [4.69, 9.17) is 11.6 Å². The maximum Gasteiger partial charge on any atom is 0.255 e. The molecule has 0 aliphatic rings. The van der Waals surface area contributed by atoms with Crippen LogP contribution in [0.15, 0.2) is 30.5 Å².